The third-order valence-electron chi connectivity index (χ3n) is 6.34. The fourth-order valence-electron chi connectivity index (χ4n) is 4.51. The lowest BCUT2D eigenvalue weighted by atomic mass is 9.95. The van der Waals surface area contributed by atoms with Crippen molar-refractivity contribution in [1.29, 1.82) is 0 Å². The number of nitrogens with one attached hydrogen (secondary N) is 1. The minimum Gasteiger partial charge on any atom is -0.462 e. The Kier molecular flexibility index (Phi) is 8.51. The number of amides is 1. The zero-order chi connectivity index (χ0) is 28.9. The molecule has 0 bridgehead atoms. The summed E-state index contributed by atoms with van der Waals surface area (Å²) in [6.07, 6.45) is 3.69. The van der Waals surface area contributed by atoms with E-state index in [0.717, 1.165) is 36.1 Å². The number of fused-ring (bicyclic) bond motifs is 1. The molecule has 1 heterocycles. The van der Waals surface area contributed by atoms with Crippen LogP contribution in [0.4, 0.5) is 10.7 Å². The summed E-state index contributed by atoms with van der Waals surface area (Å²) < 4.78 is 16.9. The molecule has 210 valence electrons. The molecule has 1 aromatic heterocycles. The summed E-state index contributed by atoms with van der Waals surface area (Å²) >= 11 is 7.43. The highest BCUT2D eigenvalue weighted by molar-refractivity contribution is 7.17. The number of aryl methyl sites for hydroxylation is 1. The van der Waals surface area contributed by atoms with Crippen LogP contribution in [0.1, 0.15) is 50.9 Å². The number of thiophene rings is 1. The fraction of sp³-hybridized carbons (Fsp3) is 0.200. The van der Waals surface area contributed by atoms with Crippen molar-refractivity contribution in [1.82, 2.24) is 0 Å². The second-order valence-corrected chi connectivity index (χ2v) is 10.7. The van der Waals surface area contributed by atoms with Gasteiger partial charge in [-0.05, 0) is 80.6 Å². The van der Waals surface area contributed by atoms with Crippen LogP contribution in [-0.4, -0.2) is 23.4 Å². The van der Waals surface area contributed by atoms with Crippen LogP contribution in [-0.2, 0) is 17.6 Å². The summed E-state index contributed by atoms with van der Waals surface area (Å²) in [5.74, 6) is 0.335. The maximum Gasteiger partial charge on any atom is 0.341 e. The Morgan fingerprint density at radius 3 is 2.34 bits per heavy atom. The minimum absolute atomic E-state index is 0.177. The second kappa shape index (κ2) is 12.4. The van der Waals surface area contributed by atoms with Gasteiger partial charge in [0, 0.05) is 21.5 Å². The smallest absolute Gasteiger partial charge is 0.341 e. The number of halogens is 1. The number of esters is 1. The molecule has 3 aromatic carbocycles. The molecule has 0 saturated heterocycles. The first-order valence-corrected chi connectivity index (χ1v) is 14.1. The standard InChI is InChI=1S/C30H25ClN2O7S/c1-2-38-30(35)27-25-8-3-4-9-26(25)41-29(27)32-28(34)18-10-12-21(13-11-18)39-23-15-20(33(36)37)16-24(17-23)40-22-7-5-6-19(31)14-22/h5-7,10-17H,2-4,8-9H2,1H3,(H,32,34). The van der Waals surface area contributed by atoms with E-state index >= 15 is 0 Å². The predicted molar refractivity (Wildman–Crippen MR) is 156 cm³/mol. The van der Waals surface area contributed by atoms with Crippen molar-refractivity contribution in [3.05, 3.63) is 103 Å². The van der Waals surface area contributed by atoms with Crippen molar-refractivity contribution in [3.8, 4) is 23.0 Å². The largest absolute Gasteiger partial charge is 0.462 e. The molecule has 1 N–H and O–H groups in total. The summed E-state index contributed by atoms with van der Waals surface area (Å²) in [4.78, 5) is 37.9. The Labute approximate surface area is 244 Å². The van der Waals surface area contributed by atoms with Gasteiger partial charge in [-0.1, -0.05) is 17.7 Å². The van der Waals surface area contributed by atoms with E-state index in [1.807, 2.05) is 0 Å². The lowest BCUT2D eigenvalue weighted by molar-refractivity contribution is -0.385. The van der Waals surface area contributed by atoms with Gasteiger partial charge in [0.25, 0.3) is 11.6 Å². The summed E-state index contributed by atoms with van der Waals surface area (Å²) in [5, 5.41) is 15.3. The van der Waals surface area contributed by atoms with Gasteiger partial charge in [-0.2, -0.15) is 0 Å². The average molecular weight is 593 g/mol. The van der Waals surface area contributed by atoms with Gasteiger partial charge in [-0.3, -0.25) is 14.9 Å². The zero-order valence-electron chi connectivity index (χ0n) is 22.0. The Bertz CT molecular complexity index is 1620. The third-order valence-corrected chi connectivity index (χ3v) is 7.78. The minimum atomic E-state index is -0.544. The second-order valence-electron chi connectivity index (χ2n) is 9.20. The molecular formula is C30H25ClN2O7S. The molecule has 1 aliphatic carbocycles. The number of nitro groups is 1. The molecule has 0 radical (unpaired) electrons. The molecule has 0 saturated carbocycles. The summed E-state index contributed by atoms with van der Waals surface area (Å²) in [7, 11) is 0. The molecule has 1 amide bonds. The van der Waals surface area contributed by atoms with E-state index in [4.69, 9.17) is 25.8 Å². The number of nitro benzene ring substituents is 1. The van der Waals surface area contributed by atoms with E-state index in [1.54, 1.807) is 55.5 Å². The van der Waals surface area contributed by atoms with Crippen molar-refractivity contribution in [2.24, 2.45) is 0 Å². The quantitative estimate of drug-likeness (QED) is 0.118. The molecular weight excluding hydrogens is 568 g/mol. The number of benzene rings is 3. The average Bonchev–Trinajstić information content (AvgIpc) is 3.31. The number of carbonyl (C=O) groups is 2. The molecule has 1 aliphatic rings. The van der Waals surface area contributed by atoms with Crippen molar-refractivity contribution >= 4 is 45.5 Å². The van der Waals surface area contributed by atoms with Gasteiger partial charge in [-0.25, -0.2) is 4.79 Å². The number of rotatable bonds is 9. The summed E-state index contributed by atoms with van der Waals surface area (Å²) in [6, 6.07) is 17.0. The zero-order valence-corrected chi connectivity index (χ0v) is 23.5. The maximum atomic E-state index is 13.1. The molecule has 11 heteroatoms. The molecule has 41 heavy (non-hydrogen) atoms. The fourth-order valence-corrected chi connectivity index (χ4v) is 5.96. The number of hydrogen-bond donors (Lipinski definition) is 1. The Morgan fingerprint density at radius 1 is 0.951 bits per heavy atom. The van der Waals surface area contributed by atoms with E-state index < -0.39 is 10.9 Å². The first-order valence-electron chi connectivity index (χ1n) is 12.9. The number of carbonyl (C=O) groups excluding carboxylic acids is 2. The normalized spacial score (nSPS) is 12.2. The van der Waals surface area contributed by atoms with Crippen LogP contribution in [0.2, 0.25) is 5.02 Å². The highest BCUT2D eigenvalue weighted by Crippen LogP contribution is 2.39. The molecule has 0 atom stereocenters. The maximum absolute atomic E-state index is 13.1. The van der Waals surface area contributed by atoms with Crippen LogP contribution in [0.15, 0.2) is 66.7 Å². The SMILES string of the molecule is CCOC(=O)c1c(NC(=O)c2ccc(Oc3cc(Oc4cccc(Cl)c4)cc([N+](=O)[O-])c3)cc2)sc2c1CCCC2. The Morgan fingerprint density at radius 2 is 1.66 bits per heavy atom. The van der Waals surface area contributed by atoms with E-state index in [2.05, 4.69) is 5.32 Å². The van der Waals surface area contributed by atoms with Crippen LogP contribution in [0.5, 0.6) is 23.0 Å². The van der Waals surface area contributed by atoms with Crippen molar-refractivity contribution in [2.45, 2.75) is 32.6 Å². The van der Waals surface area contributed by atoms with E-state index in [9.17, 15) is 19.7 Å². The van der Waals surface area contributed by atoms with Crippen molar-refractivity contribution < 1.29 is 28.7 Å². The van der Waals surface area contributed by atoms with E-state index in [1.165, 1.54) is 29.5 Å². The van der Waals surface area contributed by atoms with Gasteiger partial charge < -0.3 is 19.5 Å². The van der Waals surface area contributed by atoms with Crippen molar-refractivity contribution in [3.63, 3.8) is 0 Å². The van der Waals surface area contributed by atoms with Crippen LogP contribution in [0.3, 0.4) is 0 Å². The van der Waals surface area contributed by atoms with Gasteiger partial charge in [0.1, 0.15) is 28.0 Å². The molecule has 9 nitrogen and oxygen atoms in total. The highest BCUT2D eigenvalue weighted by atomic mass is 35.5. The number of nitrogens with zero attached hydrogens (tertiary/aromatic N) is 1. The first-order chi connectivity index (χ1) is 19.8. The number of hydrogen-bond acceptors (Lipinski definition) is 8. The van der Waals surface area contributed by atoms with Gasteiger partial charge in [0.05, 0.1) is 29.2 Å². The topological polar surface area (TPSA) is 117 Å². The van der Waals surface area contributed by atoms with Gasteiger partial charge in [0.15, 0.2) is 0 Å². The lowest BCUT2D eigenvalue weighted by Crippen LogP contribution is -2.15. The number of non-ortho nitro benzene ring substituents is 1. The molecule has 5 rings (SSSR count). The van der Waals surface area contributed by atoms with Crippen LogP contribution >= 0.6 is 22.9 Å². The molecule has 0 unspecified atom stereocenters. The summed E-state index contributed by atoms with van der Waals surface area (Å²) in [6.45, 7) is 2.00. The third kappa shape index (κ3) is 6.67. The van der Waals surface area contributed by atoms with Gasteiger partial charge in [0.2, 0.25) is 0 Å². The number of anilines is 1. The van der Waals surface area contributed by atoms with E-state index in [-0.39, 0.29) is 29.7 Å². The molecule has 0 aliphatic heterocycles. The monoisotopic (exact) mass is 592 g/mol. The van der Waals surface area contributed by atoms with Crippen LogP contribution in [0.25, 0.3) is 0 Å². The van der Waals surface area contributed by atoms with Gasteiger partial charge in [-0.15, -0.1) is 11.3 Å². The number of ether oxygens (including phenoxy) is 3. The van der Waals surface area contributed by atoms with Crippen molar-refractivity contribution in [2.75, 3.05) is 11.9 Å². The van der Waals surface area contributed by atoms with Gasteiger partial charge >= 0.3 is 5.97 Å². The lowest BCUT2D eigenvalue weighted by Gasteiger charge is -2.12. The molecule has 0 fully saturated rings. The predicted octanol–water partition coefficient (Wildman–Crippen LogP) is 8.20. The Balaban J connectivity index is 1.33. The molecule has 4 aromatic rings. The van der Waals surface area contributed by atoms with Crippen LogP contribution in [0, 0.1) is 10.1 Å². The summed E-state index contributed by atoms with van der Waals surface area (Å²) in [5.41, 5.74) is 1.55. The van der Waals surface area contributed by atoms with Crippen LogP contribution < -0.4 is 14.8 Å². The Hall–Kier alpha value is -4.41. The highest BCUT2D eigenvalue weighted by Gasteiger charge is 2.27. The van der Waals surface area contributed by atoms with E-state index in [0.29, 0.717) is 32.6 Å². The molecule has 0 spiro atoms. The first kappa shape index (κ1) is 28.1.